The van der Waals surface area contributed by atoms with E-state index >= 15 is 0 Å². The molecular formula is C15H14Cl2N2O2. The highest BCUT2D eigenvalue weighted by molar-refractivity contribution is 6.35. The van der Waals surface area contributed by atoms with Crippen LogP contribution in [0, 0.1) is 0 Å². The molecule has 0 aliphatic rings. The molecule has 4 nitrogen and oxygen atoms in total. The minimum atomic E-state index is -1.01. The molecule has 0 aliphatic heterocycles. The van der Waals surface area contributed by atoms with Crippen LogP contribution in [0.15, 0.2) is 24.4 Å². The molecule has 0 saturated heterocycles. The molecule has 1 aromatic carbocycles. The number of nitrogens with zero attached hydrogens (tertiary/aromatic N) is 2. The lowest BCUT2D eigenvalue weighted by Gasteiger charge is -2.08. The van der Waals surface area contributed by atoms with Gasteiger partial charge in [-0.3, -0.25) is 0 Å². The molecule has 0 amide bonds. The van der Waals surface area contributed by atoms with Gasteiger partial charge in [0.05, 0.1) is 11.3 Å². The summed E-state index contributed by atoms with van der Waals surface area (Å²) in [7, 11) is 0. The minimum Gasteiger partial charge on any atom is -0.478 e. The van der Waals surface area contributed by atoms with E-state index in [0.717, 1.165) is 12.0 Å². The van der Waals surface area contributed by atoms with E-state index in [1.54, 1.807) is 12.1 Å². The Balaban J connectivity index is 2.32. The fourth-order valence-electron chi connectivity index (χ4n) is 1.99. The van der Waals surface area contributed by atoms with Gasteiger partial charge < -0.3 is 5.11 Å². The standard InChI is InChI=1S/C15H14Cl2N2O2/c1-2-3-13-11(15(20)21)8-18-14(19-13)6-9-4-5-10(16)7-12(9)17/h4-5,7-8H,2-3,6H2,1H3,(H,20,21). The van der Waals surface area contributed by atoms with Gasteiger partial charge >= 0.3 is 5.97 Å². The lowest BCUT2D eigenvalue weighted by Crippen LogP contribution is -2.09. The monoisotopic (exact) mass is 324 g/mol. The zero-order valence-corrected chi connectivity index (χ0v) is 12.9. The Morgan fingerprint density at radius 1 is 1.33 bits per heavy atom. The first-order chi connectivity index (χ1) is 10.0. The van der Waals surface area contributed by atoms with Crippen molar-refractivity contribution in [2.75, 3.05) is 0 Å². The lowest BCUT2D eigenvalue weighted by molar-refractivity contribution is 0.0694. The van der Waals surface area contributed by atoms with Crippen molar-refractivity contribution in [2.45, 2.75) is 26.2 Å². The summed E-state index contributed by atoms with van der Waals surface area (Å²) in [6, 6.07) is 5.23. The van der Waals surface area contributed by atoms with Crippen LogP contribution in [0.2, 0.25) is 10.0 Å². The van der Waals surface area contributed by atoms with Crippen LogP contribution in [0.3, 0.4) is 0 Å². The van der Waals surface area contributed by atoms with Crippen LogP contribution in [0.1, 0.15) is 40.8 Å². The fraction of sp³-hybridized carbons (Fsp3) is 0.267. The summed E-state index contributed by atoms with van der Waals surface area (Å²) >= 11 is 12.0. The summed E-state index contributed by atoms with van der Waals surface area (Å²) in [6.45, 7) is 1.98. The smallest absolute Gasteiger partial charge is 0.339 e. The SMILES string of the molecule is CCCc1nc(Cc2ccc(Cl)cc2Cl)ncc1C(=O)O. The number of carbonyl (C=O) groups is 1. The van der Waals surface area contributed by atoms with Gasteiger partial charge in [0.25, 0.3) is 0 Å². The summed E-state index contributed by atoms with van der Waals surface area (Å²) < 4.78 is 0. The van der Waals surface area contributed by atoms with Crippen molar-refractivity contribution >= 4 is 29.2 Å². The number of benzene rings is 1. The van der Waals surface area contributed by atoms with Crippen molar-refractivity contribution in [1.82, 2.24) is 9.97 Å². The Labute approximate surface area is 132 Å². The molecule has 0 aliphatic carbocycles. The van der Waals surface area contributed by atoms with Gasteiger partial charge in [-0.25, -0.2) is 14.8 Å². The number of carboxylic acids is 1. The Kier molecular flexibility index (Phi) is 5.15. The van der Waals surface area contributed by atoms with Crippen molar-refractivity contribution in [2.24, 2.45) is 0 Å². The first-order valence-corrected chi connectivity index (χ1v) is 7.29. The predicted molar refractivity (Wildman–Crippen MR) is 82.3 cm³/mol. The number of rotatable bonds is 5. The molecule has 0 saturated carbocycles. The van der Waals surface area contributed by atoms with Crippen LogP contribution < -0.4 is 0 Å². The Morgan fingerprint density at radius 3 is 2.71 bits per heavy atom. The van der Waals surface area contributed by atoms with E-state index in [9.17, 15) is 4.79 Å². The number of hydrogen-bond acceptors (Lipinski definition) is 3. The van der Waals surface area contributed by atoms with Gasteiger partial charge in [0.1, 0.15) is 5.82 Å². The largest absolute Gasteiger partial charge is 0.478 e. The first kappa shape index (κ1) is 15.7. The molecule has 0 atom stereocenters. The molecule has 0 unspecified atom stereocenters. The van der Waals surface area contributed by atoms with Gasteiger partial charge in [0.15, 0.2) is 0 Å². The molecule has 0 fully saturated rings. The minimum absolute atomic E-state index is 0.155. The Morgan fingerprint density at radius 2 is 2.10 bits per heavy atom. The third kappa shape index (κ3) is 3.93. The summed E-state index contributed by atoms with van der Waals surface area (Å²) in [5.74, 6) is -0.456. The molecule has 1 aromatic heterocycles. The molecule has 2 aromatic rings. The molecule has 110 valence electrons. The van der Waals surface area contributed by atoms with Gasteiger partial charge in [0.2, 0.25) is 0 Å². The van der Waals surface area contributed by atoms with Crippen molar-refractivity contribution in [3.05, 3.63) is 57.1 Å². The number of aryl methyl sites for hydroxylation is 1. The van der Waals surface area contributed by atoms with E-state index in [-0.39, 0.29) is 5.56 Å². The van der Waals surface area contributed by atoms with E-state index in [0.29, 0.717) is 34.4 Å². The van der Waals surface area contributed by atoms with Gasteiger partial charge in [-0.15, -0.1) is 0 Å². The topological polar surface area (TPSA) is 63.1 Å². The third-order valence-electron chi connectivity index (χ3n) is 3.00. The van der Waals surface area contributed by atoms with E-state index in [1.165, 1.54) is 6.20 Å². The summed E-state index contributed by atoms with van der Waals surface area (Å²) in [5.41, 5.74) is 1.56. The highest BCUT2D eigenvalue weighted by atomic mass is 35.5. The maximum Gasteiger partial charge on any atom is 0.339 e. The molecule has 2 rings (SSSR count). The van der Waals surface area contributed by atoms with E-state index in [4.69, 9.17) is 28.3 Å². The van der Waals surface area contributed by atoms with Crippen molar-refractivity contribution in [3.63, 3.8) is 0 Å². The molecule has 1 N–H and O–H groups in total. The van der Waals surface area contributed by atoms with E-state index in [2.05, 4.69) is 9.97 Å². The van der Waals surface area contributed by atoms with Crippen LogP contribution in [0.4, 0.5) is 0 Å². The number of hydrogen-bond donors (Lipinski definition) is 1. The Hall–Kier alpha value is -1.65. The summed E-state index contributed by atoms with van der Waals surface area (Å²) in [5, 5.41) is 10.2. The molecule has 1 heterocycles. The molecular weight excluding hydrogens is 311 g/mol. The average Bonchev–Trinajstić information content (AvgIpc) is 2.42. The van der Waals surface area contributed by atoms with Gasteiger partial charge in [-0.2, -0.15) is 0 Å². The number of aromatic nitrogens is 2. The number of halogens is 2. The second-order valence-electron chi connectivity index (χ2n) is 4.61. The lowest BCUT2D eigenvalue weighted by atomic mass is 10.1. The molecule has 0 bridgehead atoms. The molecule has 21 heavy (non-hydrogen) atoms. The maximum absolute atomic E-state index is 11.1. The van der Waals surface area contributed by atoms with Crippen LogP contribution in [-0.2, 0) is 12.8 Å². The van der Waals surface area contributed by atoms with Crippen LogP contribution in [0.5, 0.6) is 0 Å². The number of aromatic carboxylic acids is 1. The van der Waals surface area contributed by atoms with Crippen molar-refractivity contribution < 1.29 is 9.90 Å². The maximum atomic E-state index is 11.1. The van der Waals surface area contributed by atoms with Gasteiger partial charge in [-0.05, 0) is 24.1 Å². The average molecular weight is 325 g/mol. The number of carboxylic acid groups (broad SMARTS) is 1. The highest BCUT2D eigenvalue weighted by Crippen LogP contribution is 2.23. The quantitative estimate of drug-likeness (QED) is 0.902. The summed E-state index contributed by atoms with van der Waals surface area (Å²) in [6.07, 6.45) is 3.22. The Bertz CT molecular complexity index is 675. The van der Waals surface area contributed by atoms with Crippen LogP contribution in [0.25, 0.3) is 0 Å². The molecule has 0 radical (unpaired) electrons. The van der Waals surface area contributed by atoms with Crippen molar-refractivity contribution in [3.8, 4) is 0 Å². The van der Waals surface area contributed by atoms with Crippen LogP contribution in [-0.4, -0.2) is 21.0 Å². The fourth-order valence-corrected chi connectivity index (χ4v) is 2.46. The third-order valence-corrected chi connectivity index (χ3v) is 3.59. The predicted octanol–water partition coefficient (Wildman–Crippen LogP) is 4.02. The van der Waals surface area contributed by atoms with E-state index < -0.39 is 5.97 Å². The van der Waals surface area contributed by atoms with Crippen LogP contribution >= 0.6 is 23.2 Å². The van der Waals surface area contributed by atoms with Gasteiger partial charge in [-0.1, -0.05) is 42.6 Å². The second-order valence-corrected chi connectivity index (χ2v) is 5.46. The highest BCUT2D eigenvalue weighted by Gasteiger charge is 2.13. The molecule has 6 heteroatoms. The molecule has 0 spiro atoms. The van der Waals surface area contributed by atoms with Gasteiger partial charge in [0, 0.05) is 22.7 Å². The summed E-state index contributed by atoms with van der Waals surface area (Å²) in [4.78, 5) is 19.6. The normalized spacial score (nSPS) is 10.6. The zero-order chi connectivity index (χ0) is 15.4. The van der Waals surface area contributed by atoms with Crippen molar-refractivity contribution in [1.29, 1.82) is 0 Å². The zero-order valence-electron chi connectivity index (χ0n) is 11.4. The second kappa shape index (κ2) is 6.87. The first-order valence-electron chi connectivity index (χ1n) is 6.53. The van der Waals surface area contributed by atoms with E-state index in [1.807, 2.05) is 13.0 Å².